The summed E-state index contributed by atoms with van der Waals surface area (Å²) in [7, 11) is 0. The summed E-state index contributed by atoms with van der Waals surface area (Å²) < 4.78 is 12.5. The van der Waals surface area contributed by atoms with E-state index in [1.54, 1.807) is 18.2 Å². The van der Waals surface area contributed by atoms with E-state index in [0.29, 0.717) is 30.4 Å². The summed E-state index contributed by atoms with van der Waals surface area (Å²) in [5, 5.41) is 17.3. The zero-order valence-electron chi connectivity index (χ0n) is 12.4. The lowest BCUT2D eigenvalue weighted by Crippen LogP contribution is -2.17. The Morgan fingerprint density at radius 1 is 1.38 bits per heavy atom. The Morgan fingerprint density at radius 2 is 2.12 bits per heavy atom. The molecule has 1 amide bonds. The number of halogens is 1. The Labute approximate surface area is 144 Å². The number of aromatic nitrogens is 2. The number of nitrogens with one attached hydrogen (secondary N) is 1. The fourth-order valence-electron chi connectivity index (χ4n) is 2.19. The number of carbonyl (C=O) groups is 1. The second-order valence-electron chi connectivity index (χ2n) is 4.98. The van der Waals surface area contributed by atoms with E-state index < -0.39 is 4.92 Å². The van der Waals surface area contributed by atoms with Gasteiger partial charge in [0.15, 0.2) is 11.5 Å². The van der Waals surface area contributed by atoms with E-state index in [9.17, 15) is 14.9 Å². The topological polar surface area (TPSA) is 109 Å². The van der Waals surface area contributed by atoms with Crippen LogP contribution in [0, 0.1) is 10.1 Å². The van der Waals surface area contributed by atoms with Crippen molar-refractivity contribution in [2.24, 2.45) is 0 Å². The molecule has 9 nitrogen and oxygen atoms in total. The van der Waals surface area contributed by atoms with Crippen molar-refractivity contribution in [2.45, 2.75) is 13.0 Å². The second-order valence-corrected chi connectivity index (χ2v) is 5.83. The lowest BCUT2D eigenvalue weighted by molar-refractivity contribution is -0.390. The molecule has 24 heavy (non-hydrogen) atoms. The first kappa shape index (κ1) is 16.2. The molecule has 126 valence electrons. The summed E-state index contributed by atoms with van der Waals surface area (Å²) in [6, 6.07) is 5.15. The first-order valence-corrected chi connectivity index (χ1v) is 7.89. The van der Waals surface area contributed by atoms with Crippen LogP contribution in [0.3, 0.4) is 0 Å². The number of hydrogen-bond donors (Lipinski definition) is 1. The van der Waals surface area contributed by atoms with Crippen LogP contribution < -0.4 is 14.8 Å². The Bertz CT molecular complexity index is 791. The van der Waals surface area contributed by atoms with Gasteiger partial charge in [-0.2, -0.15) is 4.68 Å². The van der Waals surface area contributed by atoms with Crippen molar-refractivity contribution in [1.82, 2.24) is 9.78 Å². The van der Waals surface area contributed by atoms with Gasteiger partial charge in [0.1, 0.15) is 17.7 Å². The van der Waals surface area contributed by atoms with Gasteiger partial charge < -0.3 is 24.9 Å². The molecule has 0 fully saturated rings. The van der Waals surface area contributed by atoms with Crippen molar-refractivity contribution >= 4 is 33.3 Å². The Hall–Kier alpha value is -2.62. The van der Waals surface area contributed by atoms with Gasteiger partial charge in [-0.05, 0) is 33.0 Å². The van der Waals surface area contributed by atoms with E-state index in [4.69, 9.17) is 9.47 Å². The molecule has 0 radical (unpaired) electrons. The van der Waals surface area contributed by atoms with Crippen LogP contribution in [0.15, 0.2) is 28.9 Å². The van der Waals surface area contributed by atoms with E-state index in [0.717, 1.165) is 0 Å². The predicted molar refractivity (Wildman–Crippen MR) is 87.3 cm³/mol. The van der Waals surface area contributed by atoms with Gasteiger partial charge in [-0.15, -0.1) is 0 Å². The smallest absolute Gasteiger partial charge is 0.404 e. The molecule has 1 aromatic heterocycles. The molecule has 0 atom stereocenters. The minimum Gasteiger partial charge on any atom is -0.486 e. The number of benzene rings is 1. The van der Waals surface area contributed by atoms with E-state index in [2.05, 4.69) is 26.3 Å². The number of anilines is 1. The summed E-state index contributed by atoms with van der Waals surface area (Å²) >= 11 is 3.06. The van der Waals surface area contributed by atoms with Crippen molar-refractivity contribution in [3.8, 4) is 11.5 Å². The molecule has 2 aromatic rings. The Balaban J connectivity index is 1.58. The molecule has 0 saturated heterocycles. The maximum atomic E-state index is 12.0. The van der Waals surface area contributed by atoms with E-state index >= 15 is 0 Å². The average molecular weight is 397 g/mol. The molecule has 0 spiro atoms. The fraction of sp³-hybridized carbons (Fsp3) is 0.286. The second kappa shape index (κ2) is 6.87. The molecule has 1 aliphatic rings. The van der Waals surface area contributed by atoms with Gasteiger partial charge in [0, 0.05) is 18.2 Å². The van der Waals surface area contributed by atoms with Gasteiger partial charge in [-0.3, -0.25) is 4.79 Å². The van der Waals surface area contributed by atoms with Crippen LogP contribution >= 0.6 is 15.9 Å². The fourth-order valence-corrected chi connectivity index (χ4v) is 2.65. The van der Waals surface area contributed by atoms with Crippen molar-refractivity contribution in [1.29, 1.82) is 0 Å². The van der Waals surface area contributed by atoms with Crippen LogP contribution in [0.1, 0.15) is 6.42 Å². The highest BCUT2D eigenvalue weighted by Crippen LogP contribution is 2.32. The third-order valence-electron chi connectivity index (χ3n) is 3.27. The molecule has 0 unspecified atom stereocenters. The lowest BCUT2D eigenvalue weighted by Gasteiger charge is -2.18. The average Bonchev–Trinajstić information content (AvgIpc) is 2.94. The van der Waals surface area contributed by atoms with Crippen LogP contribution in [-0.2, 0) is 11.3 Å². The normalized spacial score (nSPS) is 12.7. The highest BCUT2D eigenvalue weighted by Gasteiger charge is 2.19. The van der Waals surface area contributed by atoms with Crippen LogP contribution in [0.4, 0.5) is 11.5 Å². The van der Waals surface area contributed by atoms with Crippen LogP contribution in [-0.4, -0.2) is 33.8 Å². The molecular formula is C14H13BrN4O5. The number of carbonyl (C=O) groups excluding carboxylic acids is 1. The first-order chi connectivity index (χ1) is 11.5. The largest absolute Gasteiger partial charge is 0.486 e. The van der Waals surface area contributed by atoms with Crippen molar-refractivity contribution in [3.63, 3.8) is 0 Å². The molecule has 2 heterocycles. The number of nitrogens with zero attached hydrogens (tertiary/aromatic N) is 3. The number of fused-ring (bicyclic) bond motifs is 1. The third-order valence-corrected chi connectivity index (χ3v) is 3.83. The first-order valence-electron chi connectivity index (χ1n) is 7.10. The number of ether oxygens (including phenoxy) is 2. The molecule has 0 bridgehead atoms. The Morgan fingerprint density at radius 3 is 2.83 bits per heavy atom. The van der Waals surface area contributed by atoms with Crippen molar-refractivity contribution in [3.05, 3.63) is 39.0 Å². The summed E-state index contributed by atoms with van der Waals surface area (Å²) in [4.78, 5) is 22.2. The zero-order chi connectivity index (χ0) is 17.1. The number of hydrogen-bond acceptors (Lipinski definition) is 6. The number of amides is 1. The minimum absolute atomic E-state index is 0.125. The molecule has 3 rings (SSSR count). The Kier molecular flexibility index (Phi) is 4.65. The number of nitro groups is 1. The highest BCUT2D eigenvalue weighted by molar-refractivity contribution is 9.10. The van der Waals surface area contributed by atoms with Crippen LogP contribution in [0.2, 0.25) is 0 Å². The zero-order valence-corrected chi connectivity index (χ0v) is 14.0. The minimum atomic E-state index is -0.587. The van der Waals surface area contributed by atoms with Gasteiger partial charge >= 0.3 is 5.82 Å². The molecule has 0 saturated carbocycles. The monoisotopic (exact) mass is 396 g/mol. The maximum Gasteiger partial charge on any atom is 0.404 e. The molecule has 1 aliphatic heterocycles. The molecule has 1 aromatic carbocycles. The molecular weight excluding hydrogens is 384 g/mol. The number of aryl methyl sites for hydroxylation is 1. The maximum absolute atomic E-state index is 12.0. The molecule has 10 heteroatoms. The summed E-state index contributed by atoms with van der Waals surface area (Å²) in [6.07, 6.45) is 1.59. The van der Waals surface area contributed by atoms with Gasteiger partial charge in [0.05, 0.1) is 17.8 Å². The molecule has 1 N–H and O–H groups in total. The van der Waals surface area contributed by atoms with Gasteiger partial charge in [-0.25, -0.2) is 0 Å². The van der Waals surface area contributed by atoms with Crippen LogP contribution in [0.25, 0.3) is 0 Å². The quantitative estimate of drug-likeness (QED) is 0.613. The van der Waals surface area contributed by atoms with Crippen LogP contribution in [0.5, 0.6) is 11.5 Å². The summed E-state index contributed by atoms with van der Waals surface area (Å²) in [5.41, 5.74) is 0.594. The summed E-state index contributed by atoms with van der Waals surface area (Å²) in [6.45, 7) is 1.20. The van der Waals surface area contributed by atoms with Gasteiger partial charge in [0.2, 0.25) is 5.91 Å². The van der Waals surface area contributed by atoms with E-state index in [1.165, 1.54) is 10.9 Å². The van der Waals surface area contributed by atoms with E-state index in [-0.39, 0.29) is 29.2 Å². The predicted octanol–water partition coefficient (Wildman–Crippen LogP) is 2.35. The SMILES string of the molecule is O=C(CCn1cc(Br)c([N+](=O)[O-])n1)Nc1ccc2c(c1)OCCO2. The van der Waals surface area contributed by atoms with E-state index in [1.807, 2.05) is 0 Å². The third kappa shape index (κ3) is 3.65. The lowest BCUT2D eigenvalue weighted by atomic mass is 10.2. The molecule has 0 aliphatic carbocycles. The highest BCUT2D eigenvalue weighted by atomic mass is 79.9. The van der Waals surface area contributed by atoms with Crippen molar-refractivity contribution < 1.29 is 19.2 Å². The summed E-state index contributed by atoms with van der Waals surface area (Å²) in [5.74, 6) is 0.724. The standard InChI is InChI=1S/C14H13BrN4O5/c15-10-8-18(17-14(10)19(21)22)4-3-13(20)16-9-1-2-11-12(7-9)24-6-5-23-11/h1-2,7-8H,3-6H2,(H,16,20). The number of rotatable bonds is 5. The van der Waals surface area contributed by atoms with Crippen molar-refractivity contribution in [2.75, 3.05) is 18.5 Å². The van der Waals surface area contributed by atoms with Gasteiger partial charge in [0.25, 0.3) is 0 Å². The van der Waals surface area contributed by atoms with Gasteiger partial charge in [-0.1, -0.05) is 0 Å².